The van der Waals surface area contributed by atoms with Crippen LogP contribution >= 0.6 is 0 Å². The lowest BCUT2D eigenvalue weighted by Crippen LogP contribution is -2.59. The summed E-state index contributed by atoms with van der Waals surface area (Å²) in [6.07, 6.45) is 3.12. The molecule has 0 N–H and O–H groups in total. The first-order chi connectivity index (χ1) is 15.0. The zero-order chi connectivity index (χ0) is 21.8. The molecule has 2 saturated heterocycles. The van der Waals surface area contributed by atoms with Gasteiger partial charge >= 0.3 is 0 Å². The van der Waals surface area contributed by atoms with Crippen LogP contribution in [-0.4, -0.2) is 71.8 Å². The van der Waals surface area contributed by atoms with Gasteiger partial charge in [-0.15, -0.1) is 0 Å². The van der Waals surface area contributed by atoms with E-state index in [-0.39, 0.29) is 11.8 Å². The van der Waals surface area contributed by atoms with Gasteiger partial charge in [0.15, 0.2) is 0 Å². The van der Waals surface area contributed by atoms with E-state index < -0.39 is 5.54 Å². The lowest BCUT2D eigenvalue weighted by molar-refractivity contribution is -0.150. The van der Waals surface area contributed by atoms with Crippen LogP contribution in [0.3, 0.4) is 0 Å². The Hall–Kier alpha value is -2.66. The minimum absolute atomic E-state index is 0.00465. The number of hydrogen-bond donors (Lipinski definition) is 0. The normalized spacial score (nSPS) is 22.4. The third-order valence-electron chi connectivity index (χ3n) is 6.86. The third kappa shape index (κ3) is 4.38. The SMILES string of the molecule is CC(=O)N1CCCC1(Cc1ccccc1-c1ccccc1)C(=O)N1CCCN(C)CC1. The van der Waals surface area contributed by atoms with Gasteiger partial charge in [0.2, 0.25) is 11.8 Å². The van der Waals surface area contributed by atoms with Crippen molar-refractivity contribution in [1.82, 2.24) is 14.7 Å². The first-order valence-electron chi connectivity index (χ1n) is 11.4. The van der Waals surface area contributed by atoms with Gasteiger partial charge in [0, 0.05) is 39.5 Å². The highest BCUT2D eigenvalue weighted by Gasteiger charge is 2.50. The molecule has 5 heteroatoms. The molecule has 0 aliphatic carbocycles. The molecule has 1 atom stereocenters. The molecular formula is C26H33N3O2. The van der Waals surface area contributed by atoms with E-state index in [0.29, 0.717) is 13.0 Å². The molecular weight excluding hydrogens is 386 g/mol. The Labute approximate surface area is 185 Å². The van der Waals surface area contributed by atoms with Crippen LogP contribution in [0.4, 0.5) is 0 Å². The van der Waals surface area contributed by atoms with E-state index >= 15 is 0 Å². The molecule has 2 aliphatic rings. The van der Waals surface area contributed by atoms with Gasteiger partial charge in [-0.1, -0.05) is 54.6 Å². The monoisotopic (exact) mass is 419 g/mol. The van der Waals surface area contributed by atoms with Crippen molar-refractivity contribution in [2.24, 2.45) is 0 Å². The predicted octanol–water partition coefficient (Wildman–Crippen LogP) is 3.44. The Morgan fingerprint density at radius 1 is 0.871 bits per heavy atom. The molecule has 5 nitrogen and oxygen atoms in total. The van der Waals surface area contributed by atoms with Crippen molar-refractivity contribution in [3.05, 3.63) is 60.2 Å². The molecule has 31 heavy (non-hydrogen) atoms. The Morgan fingerprint density at radius 3 is 2.39 bits per heavy atom. The van der Waals surface area contributed by atoms with E-state index in [1.165, 1.54) is 0 Å². The number of carbonyl (C=O) groups excluding carboxylic acids is 2. The summed E-state index contributed by atoms with van der Waals surface area (Å²) in [5.74, 6) is 0.119. The van der Waals surface area contributed by atoms with Gasteiger partial charge in [0.05, 0.1) is 0 Å². The fourth-order valence-electron chi connectivity index (χ4n) is 5.25. The molecule has 4 rings (SSSR count). The van der Waals surface area contributed by atoms with Crippen molar-refractivity contribution in [3.63, 3.8) is 0 Å². The summed E-state index contributed by atoms with van der Waals surface area (Å²) in [6.45, 7) is 5.63. The zero-order valence-electron chi connectivity index (χ0n) is 18.7. The quantitative estimate of drug-likeness (QED) is 0.763. The minimum atomic E-state index is -0.792. The Kier molecular flexibility index (Phi) is 6.42. The second-order valence-corrected chi connectivity index (χ2v) is 8.95. The number of benzene rings is 2. The highest BCUT2D eigenvalue weighted by molar-refractivity contribution is 5.92. The van der Waals surface area contributed by atoms with Gasteiger partial charge < -0.3 is 14.7 Å². The summed E-state index contributed by atoms with van der Waals surface area (Å²) in [5, 5.41) is 0. The highest BCUT2D eigenvalue weighted by atomic mass is 16.2. The predicted molar refractivity (Wildman–Crippen MR) is 124 cm³/mol. The smallest absolute Gasteiger partial charge is 0.248 e. The highest BCUT2D eigenvalue weighted by Crippen LogP contribution is 2.37. The maximum Gasteiger partial charge on any atom is 0.248 e. The molecule has 0 radical (unpaired) electrons. The van der Waals surface area contributed by atoms with Crippen LogP contribution in [0.15, 0.2) is 54.6 Å². The van der Waals surface area contributed by atoms with E-state index in [2.05, 4.69) is 36.2 Å². The van der Waals surface area contributed by atoms with Crippen LogP contribution in [0, 0.1) is 0 Å². The fraction of sp³-hybridized carbons (Fsp3) is 0.462. The van der Waals surface area contributed by atoms with E-state index in [9.17, 15) is 9.59 Å². The van der Waals surface area contributed by atoms with Crippen molar-refractivity contribution in [3.8, 4) is 11.1 Å². The molecule has 2 aliphatic heterocycles. The molecule has 2 aromatic rings. The molecule has 0 bridgehead atoms. The summed E-state index contributed by atoms with van der Waals surface area (Å²) < 4.78 is 0. The van der Waals surface area contributed by atoms with Gasteiger partial charge in [-0.3, -0.25) is 9.59 Å². The van der Waals surface area contributed by atoms with E-state index in [1.54, 1.807) is 6.92 Å². The topological polar surface area (TPSA) is 43.9 Å². The van der Waals surface area contributed by atoms with Crippen LogP contribution < -0.4 is 0 Å². The Bertz CT molecular complexity index is 929. The number of rotatable bonds is 4. The zero-order valence-corrected chi connectivity index (χ0v) is 18.7. The van der Waals surface area contributed by atoms with Gasteiger partial charge in [-0.25, -0.2) is 0 Å². The second-order valence-electron chi connectivity index (χ2n) is 8.95. The largest absolute Gasteiger partial charge is 0.339 e. The standard InChI is InChI=1S/C26H33N3O2/c1-21(30)29-17-8-14-26(29,25(31)28-16-9-15-27(2)18-19-28)20-23-12-6-7-13-24(23)22-10-4-3-5-11-22/h3-7,10-13H,8-9,14-20H2,1-2H3. The number of nitrogens with zero attached hydrogens (tertiary/aromatic N) is 3. The van der Waals surface area contributed by atoms with Crippen LogP contribution in [0.2, 0.25) is 0 Å². The van der Waals surface area contributed by atoms with Crippen molar-refractivity contribution in [1.29, 1.82) is 0 Å². The molecule has 1 unspecified atom stereocenters. The fourth-order valence-corrected chi connectivity index (χ4v) is 5.25. The van der Waals surface area contributed by atoms with Crippen LogP contribution in [0.25, 0.3) is 11.1 Å². The molecule has 2 fully saturated rings. The third-order valence-corrected chi connectivity index (χ3v) is 6.86. The van der Waals surface area contributed by atoms with Crippen molar-refractivity contribution >= 4 is 11.8 Å². The molecule has 0 aromatic heterocycles. The average Bonchev–Trinajstić information content (AvgIpc) is 3.09. The van der Waals surface area contributed by atoms with E-state index in [1.807, 2.05) is 40.1 Å². The molecule has 2 aromatic carbocycles. The van der Waals surface area contributed by atoms with Crippen molar-refractivity contribution in [2.45, 2.75) is 38.1 Å². The van der Waals surface area contributed by atoms with Crippen molar-refractivity contribution in [2.75, 3.05) is 39.8 Å². The van der Waals surface area contributed by atoms with Gasteiger partial charge in [0.1, 0.15) is 5.54 Å². The first kappa shape index (κ1) is 21.6. The molecule has 2 heterocycles. The minimum Gasteiger partial charge on any atom is -0.339 e. The molecule has 164 valence electrons. The maximum absolute atomic E-state index is 14.1. The van der Waals surface area contributed by atoms with Gasteiger partial charge in [0.25, 0.3) is 0 Å². The van der Waals surface area contributed by atoms with Crippen molar-refractivity contribution < 1.29 is 9.59 Å². The van der Waals surface area contributed by atoms with Gasteiger partial charge in [-0.05, 0) is 49.5 Å². The number of carbonyl (C=O) groups is 2. The lowest BCUT2D eigenvalue weighted by Gasteiger charge is -2.40. The maximum atomic E-state index is 14.1. The summed E-state index contributed by atoms with van der Waals surface area (Å²) >= 11 is 0. The van der Waals surface area contributed by atoms with Crippen LogP contribution in [-0.2, 0) is 16.0 Å². The molecule has 0 saturated carbocycles. The number of likely N-dealkylation sites (tertiary alicyclic amines) is 1. The summed E-state index contributed by atoms with van der Waals surface area (Å²) in [4.78, 5) is 32.9. The number of hydrogen-bond acceptors (Lipinski definition) is 3. The Morgan fingerprint density at radius 2 is 1.61 bits per heavy atom. The van der Waals surface area contributed by atoms with Crippen LogP contribution in [0.1, 0.15) is 31.7 Å². The van der Waals surface area contributed by atoms with Crippen LogP contribution in [0.5, 0.6) is 0 Å². The Balaban J connectivity index is 1.72. The summed E-state index contributed by atoms with van der Waals surface area (Å²) in [6, 6.07) is 18.6. The molecule has 0 spiro atoms. The lowest BCUT2D eigenvalue weighted by atomic mass is 9.83. The average molecular weight is 420 g/mol. The second kappa shape index (κ2) is 9.23. The summed E-state index contributed by atoms with van der Waals surface area (Å²) in [5.41, 5.74) is 2.62. The van der Waals surface area contributed by atoms with E-state index in [0.717, 1.165) is 62.1 Å². The summed E-state index contributed by atoms with van der Waals surface area (Å²) in [7, 11) is 2.11. The number of amides is 2. The van der Waals surface area contributed by atoms with Gasteiger partial charge in [-0.2, -0.15) is 0 Å². The van der Waals surface area contributed by atoms with E-state index in [4.69, 9.17) is 0 Å². The molecule has 2 amide bonds. The first-order valence-corrected chi connectivity index (χ1v) is 11.4. The number of likely N-dealkylation sites (N-methyl/N-ethyl adjacent to an activating group) is 1.